The Kier molecular flexibility index (Phi) is 8.02. The van der Waals surface area contributed by atoms with Gasteiger partial charge >= 0.3 is 0 Å². The molecule has 0 aromatic heterocycles. The molecular weight excluding hydrogens is 550 g/mol. The molecule has 39 heavy (non-hydrogen) atoms. The average molecular weight is 576 g/mol. The minimum Gasteiger partial charge on any atom is -0.378 e. The minimum absolute atomic E-state index is 0.0103. The molecule has 1 unspecified atom stereocenters. The topological polar surface area (TPSA) is 100 Å². The number of fused-ring (bicyclic) bond motifs is 1. The van der Waals surface area contributed by atoms with E-state index in [1.165, 1.54) is 16.8 Å². The maximum Gasteiger partial charge on any atom is 0.285 e. The third-order valence-electron chi connectivity index (χ3n) is 6.40. The van der Waals surface area contributed by atoms with Crippen LogP contribution in [0.2, 0.25) is 5.02 Å². The smallest absolute Gasteiger partial charge is 0.285 e. The van der Waals surface area contributed by atoms with Crippen LogP contribution >= 0.6 is 23.4 Å². The normalized spacial score (nSPS) is 16.8. The van der Waals surface area contributed by atoms with Gasteiger partial charge in [0.25, 0.3) is 16.0 Å². The second kappa shape index (κ2) is 11.6. The van der Waals surface area contributed by atoms with Crippen molar-refractivity contribution >= 4 is 61.0 Å². The van der Waals surface area contributed by atoms with E-state index < -0.39 is 10.0 Å². The minimum atomic E-state index is -4.12. The van der Waals surface area contributed by atoms with E-state index in [0.717, 1.165) is 27.6 Å². The number of thioether (sulfide) groups is 1. The Hall–Kier alpha value is -3.66. The van der Waals surface area contributed by atoms with Crippen LogP contribution in [0.25, 0.3) is 10.8 Å². The molecule has 0 spiro atoms. The molecule has 4 aromatic rings. The molecule has 4 aromatic carbocycles. The Balaban J connectivity index is 1.61. The fourth-order valence-corrected chi connectivity index (χ4v) is 5.70. The zero-order valence-corrected chi connectivity index (χ0v) is 23.5. The number of sulfonamides is 1. The van der Waals surface area contributed by atoms with E-state index in [9.17, 15) is 8.42 Å². The van der Waals surface area contributed by atoms with Crippen molar-refractivity contribution in [3.63, 3.8) is 0 Å². The molecule has 1 atom stereocenters. The number of nitrogens with two attached hydrogens (primary N) is 1. The number of benzene rings is 4. The predicted molar refractivity (Wildman–Crippen MR) is 162 cm³/mol. The number of amidine groups is 1. The Morgan fingerprint density at radius 2 is 1.67 bits per heavy atom. The van der Waals surface area contributed by atoms with Gasteiger partial charge in [-0.1, -0.05) is 96.2 Å². The third kappa shape index (κ3) is 6.16. The van der Waals surface area contributed by atoms with Crippen LogP contribution < -0.4 is 5.73 Å². The summed E-state index contributed by atoms with van der Waals surface area (Å²) < 4.78 is 31.1. The van der Waals surface area contributed by atoms with Crippen LogP contribution in [0.15, 0.2) is 116 Å². The zero-order valence-electron chi connectivity index (χ0n) is 21.1. The largest absolute Gasteiger partial charge is 0.378 e. The maximum absolute atomic E-state index is 13.5. The third-order valence-corrected chi connectivity index (χ3v) is 8.42. The average Bonchev–Trinajstić information content (AvgIpc) is 2.97. The summed E-state index contributed by atoms with van der Waals surface area (Å²) in [5, 5.41) is 8.94. The number of aliphatic imine (C=N–C) groups is 1. The van der Waals surface area contributed by atoms with Crippen LogP contribution in [0.5, 0.6) is 0 Å². The number of guanidine groups is 1. The molecule has 1 heterocycles. The molecule has 5 rings (SSSR count). The molecule has 7 nitrogen and oxygen atoms in total. The van der Waals surface area contributed by atoms with Crippen LogP contribution in [0, 0.1) is 0 Å². The van der Waals surface area contributed by atoms with Crippen molar-refractivity contribution in [3.8, 4) is 0 Å². The lowest BCUT2D eigenvalue weighted by Crippen LogP contribution is -2.36. The first-order chi connectivity index (χ1) is 18.8. The summed E-state index contributed by atoms with van der Waals surface area (Å²) in [5.41, 5.74) is 8.79. The van der Waals surface area contributed by atoms with Gasteiger partial charge in [-0.2, -0.15) is 18.5 Å². The van der Waals surface area contributed by atoms with Gasteiger partial charge in [-0.05, 0) is 58.8 Å². The van der Waals surface area contributed by atoms with E-state index >= 15 is 0 Å². The Bertz CT molecular complexity index is 1690. The standard InChI is InChI=1S/C29H26ClN5O2S2/c1-38-28(31)32-29(34-39(36,37)25-16-13-20-7-5-6-10-23(20)19-25)35-18-17-26(21-8-3-2-4-9-21)27(33-35)22-11-14-24(30)15-12-22/h2-16,19,26H,17-18H2,1H3,(H2,31,32,34). The maximum atomic E-state index is 13.5. The van der Waals surface area contributed by atoms with Gasteiger partial charge in [-0.3, -0.25) is 0 Å². The lowest BCUT2D eigenvalue weighted by Gasteiger charge is -2.30. The highest BCUT2D eigenvalue weighted by Crippen LogP contribution is 2.31. The van der Waals surface area contributed by atoms with Crippen LogP contribution in [-0.2, 0) is 10.0 Å². The molecule has 0 saturated heterocycles. The van der Waals surface area contributed by atoms with Gasteiger partial charge in [0.1, 0.15) is 0 Å². The molecule has 0 saturated carbocycles. The molecule has 0 fully saturated rings. The number of nitrogens with zero attached hydrogens (tertiary/aromatic N) is 4. The van der Waals surface area contributed by atoms with Crippen LogP contribution in [0.1, 0.15) is 23.5 Å². The second-order valence-corrected chi connectivity index (χ2v) is 11.8. The number of hydrogen-bond acceptors (Lipinski definition) is 4. The Morgan fingerprint density at radius 3 is 2.38 bits per heavy atom. The molecule has 10 heteroatoms. The monoisotopic (exact) mass is 575 g/mol. The van der Waals surface area contributed by atoms with Crippen molar-refractivity contribution in [2.75, 3.05) is 12.8 Å². The van der Waals surface area contributed by atoms with Gasteiger partial charge in [0.2, 0.25) is 0 Å². The summed E-state index contributed by atoms with van der Waals surface area (Å²) >= 11 is 7.35. The molecule has 0 amide bonds. The van der Waals surface area contributed by atoms with Gasteiger partial charge in [0, 0.05) is 17.5 Å². The summed E-state index contributed by atoms with van der Waals surface area (Å²) in [4.78, 5) is 4.42. The van der Waals surface area contributed by atoms with E-state index in [4.69, 9.17) is 22.4 Å². The van der Waals surface area contributed by atoms with Crippen molar-refractivity contribution in [1.82, 2.24) is 5.01 Å². The Labute approximate surface area is 237 Å². The van der Waals surface area contributed by atoms with E-state index in [1.54, 1.807) is 24.5 Å². The number of hydrogen-bond donors (Lipinski definition) is 1. The van der Waals surface area contributed by atoms with E-state index in [-0.39, 0.29) is 21.9 Å². The highest BCUT2D eigenvalue weighted by Gasteiger charge is 2.29. The fraction of sp³-hybridized carbons (Fsp3) is 0.138. The van der Waals surface area contributed by atoms with Crippen molar-refractivity contribution in [2.45, 2.75) is 17.2 Å². The lowest BCUT2D eigenvalue weighted by molar-refractivity contribution is 0.400. The predicted octanol–water partition coefficient (Wildman–Crippen LogP) is 6.11. The van der Waals surface area contributed by atoms with Crippen molar-refractivity contribution in [2.24, 2.45) is 20.2 Å². The fourth-order valence-electron chi connectivity index (χ4n) is 4.43. The summed E-state index contributed by atoms with van der Waals surface area (Å²) in [6.45, 7) is 0.397. The Morgan fingerprint density at radius 1 is 0.974 bits per heavy atom. The zero-order chi connectivity index (χ0) is 27.4. The molecular formula is C29H26ClN5O2S2. The van der Waals surface area contributed by atoms with Crippen LogP contribution in [-0.4, -0.2) is 43.1 Å². The molecule has 1 aliphatic heterocycles. The summed E-state index contributed by atoms with van der Waals surface area (Å²) in [7, 11) is -4.12. The van der Waals surface area contributed by atoms with Crippen LogP contribution in [0.3, 0.4) is 0 Å². The number of rotatable bonds is 4. The van der Waals surface area contributed by atoms with Gasteiger partial charge in [-0.25, -0.2) is 5.01 Å². The van der Waals surface area contributed by atoms with E-state index in [1.807, 2.05) is 66.7 Å². The van der Waals surface area contributed by atoms with Crippen molar-refractivity contribution in [3.05, 3.63) is 113 Å². The van der Waals surface area contributed by atoms with Gasteiger partial charge in [0.15, 0.2) is 5.17 Å². The molecule has 1 aliphatic rings. The van der Waals surface area contributed by atoms with Gasteiger partial charge in [0.05, 0.1) is 10.6 Å². The summed E-state index contributed by atoms with van der Waals surface area (Å²) in [6, 6.07) is 30.0. The highest BCUT2D eigenvalue weighted by atomic mass is 35.5. The summed E-state index contributed by atoms with van der Waals surface area (Å²) in [5.74, 6) is -0.100. The quantitative estimate of drug-likeness (QED) is 0.234. The van der Waals surface area contributed by atoms with Gasteiger partial charge < -0.3 is 5.73 Å². The number of halogens is 1. The molecule has 198 valence electrons. The lowest BCUT2D eigenvalue weighted by atomic mass is 9.86. The summed E-state index contributed by atoms with van der Waals surface area (Å²) in [6.07, 6.45) is 2.42. The van der Waals surface area contributed by atoms with Crippen LogP contribution in [0.4, 0.5) is 0 Å². The molecule has 0 aliphatic carbocycles. The van der Waals surface area contributed by atoms with E-state index in [0.29, 0.717) is 18.0 Å². The second-order valence-electron chi connectivity index (χ2n) is 8.90. The SMILES string of the molecule is CS/C(N)=N\C(=N\S(=O)(=O)c1ccc2ccccc2c1)N1CCC(c2ccccc2)C(c2ccc(Cl)cc2)=N1. The first-order valence-electron chi connectivity index (χ1n) is 12.2. The number of hydrazone groups is 1. The van der Waals surface area contributed by atoms with Crippen molar-refractivity contribution in [1.29, 1.82) is 0 Å². The van der Waals surface area contributed by atoms with Crippen molar-refractivity contribution < 1.29 is 8.42 Å². The molecule has 0 radical (unpaired) electrons. The highest BCUT2D eigenvalue weighted by molar-refractivity contribution is 8.13. The molecule has 2 N–H and O–H groups in total. The molecule has 0 bridgehead atoms. The first kappa shape index (κ1) is 26.9. The first-order valence-corrected chi connectivity index (χ1v) is 15.3. The van der Waals surface area contributed by atoms with E-state index in [2.05, 4.69) is 21.5 Å². The van der Waals surface area contributed by atoms with Gasteiger partial charge in [-0.15, -0.1) is 4.40 Å².